The Hall–Kier alpha value is -2.80. The Bertz CT molecular complexity index is 930. The molecule has 1 aliphatic rings. The lowest BCUT2D eigenvalue weighted by Gasteiger charge is -2.36. The van der Waals surface area contributed by atoms with E-state index in [0.29, 0.717) is 49.2 Å². The predicted molar refractivity (Wildman–Crippen MR) is 120 cm³/mol. The molecule has 166 valence electrons. The maximum atomic E-state index is 13.6. The molecule has 0 spiro atoms. The van der Waals surface area contributed by atoms with Crippen molar-refractivity contribution >= 4 is 34.8 Å². The molecule has 0 atom stereocenters. The molecule has 0 aromatic heterocycles. The van der Waals surface area contributed by atoms with E-state index < -0.39 is 11.7 Å². The van der Waals surface area contributed by atoms with Gasteiger partial charge in [0.15, 0.2) is 18.2 Å². The fourth-order valence-corrected chi connectivity index (χ4v) is 3.72. The number of ether oxygens (including phenoxy) is 1. The van der Waals surface area contributed by atoms with Crippen LogP contribution in [-0.4, -0.2) is 49.5 Å². The first kappa shape index (κ1) is 22.9. The number of rotatable bonds is 7. The van der Waals surface area contributed by atoms with Gasteiger partial charge in [-0.3, -0.25) is 9.59 Å². The van der Waals surface area contributed by atoms with E-state index in [-0.39, 0.29) is 18.3 Å². The predicted octanol–water partition coefficient (Wildman–Crippen LogP) is 4.19. The van der Waals surface area contributed by atoms with Crippen LogP contribution in [0.1, 0.15) is 20.3 Å². The van der Waals surface area contributed by atoms with Crippen molar-refractivity contribution in [1.29, 1.82) is 0 Å². The average molecular weight is 448 g/mol. The lowest BCUT2D eigenvalue weighted by atomic mass is 10.1. The molecular weight excluding hydrogens is 421 g/mol. The van der Waals surface area contributed by atoms with Crippen LogP contribution in [-0.2, 0) is 9.59 Å². The van der Waals surface area contributed by atoms with Crippen LogP contribution in [0, 0.1) is 11.7 Å². The van der Waals surface area contributed by atoms with Gasteiger partial charge >= 0.3 is 0 Å². The van der Waals surface area contributed by atoms with Gasteiger partial charge in [0.1, 0.15) is 0 Å². The number of piperazine rings is 1. The van der Waals surface area contributed by atoms with E-state index in [0.717, 1.165) is 5.69 Å². The van der Waals surface area contributed by atoms with E-state index in [2.05, 4.69) is 10.2 Å². The van der Waals surface area contributed by atoms with Crippen LogP contribution in [0.5, 0.6) is 5.75 Å². The highest BCUT2D eigenvalue weighted by atomic mass is 35.5. The van der Waals surface area contributed by atoms with Gasteiger partial charge in [-0.05, 0) is 36.2 Å². The smallest absolute Gasteiger partial charge is 0.262 e. The second-order valence-corrected chi connectivity index (χ2v) is 8.31. The van der Waals surface area contributed by atoms with Gasteiger partial charge in [-0.15, -0.1) is 0 Å². The minimum Gasteiger partial charge on any atom is -0.481 e. The Kier molecular flexibility index (Phi) is 7.74. The normalized spacial score (nSPS) is 14.0. The zero-order valence-electron chi connectivity index (χ0n) is 17.7. The summed E-state index contributed by atoms with van der Waals surface area (Å²) in [6.07, 6.45) is 0.565. The van der Waals surface area contributed by atoms with Crippen LogP contribution in [0.3, 0.4) is 0 Å². The van der Waals surface area contributed by atoms with Gasteiger partial charge in [0.2, 0.25) is 5.91 Å². The van der Waals surface area contributed by atoms with Crippen molar-refractivity contribution in [2.45, 2.75) is 20.3 Å². The summed E-state index contributed by atoms with van der Waals surface area (Å²) < 4.78 is 18.8. The Morgan fingerprint density at radius 1 is 1.13 bits per heavy atom. The maximum Gasteiger partial charge on any atom is 0.262 e. The SMILES string of the molecule is CC(C)CC(=O)N1CCN(c2ccc(NC(=O)COc3ccccc3F)cc2Cl)CC1. The summed E-state index contributed by atoms with van der Waals surface area (Å²) in [6.45, 7) is 6.49. The van der Waals surface area contributed by atoms with Crippen molar-refractivity contribution in [2.24, 2.45) is 5.92 Å². The molecule has 0 radical (unpaired) electrons. The summed E-state index contributed by atoms with van der Waals surface area (Å²) in [7, 11) is 0. The molecule has 1 fully saturated rings. The molecule has 0 unspecified atom stereocenters. The van der Waals surface area contributed by atoms with E-state index in [1.165, 1.54) is 12.1 Å². The van der Waals surface area contributed by atoms with Gasteiger partial charge in [0, 0.05) is 38.3 Å². The van der Waals surface area contributed by atoms with E-state index in [1.807, 2.05) is 24.8 Å². The molecule has 0 saturated carbocycles. The number of hydrogen-bond donors (Lipinski definition) is 1. The molecule has 0 aliphatic carbocycles. The third-order valence-corrected chi connectivity index (χ3v) is 5.29. The standard InChI is InChI=1S/C23H27ClFN3O3/c1-16(2)13-23(30)28-11-9-27(10-12-28)20-8-7-17(14-18(20)24)26-22(29)15-31-21-6-4-3-5-19(21)25/h3-8,14,16H,9-13,15H2,1-2H3,(H,26,29). The van der Waals surface area contributed by atoms with Gasteiger partial charge in [0.25, 0.3) is 5.91 Å². The number of para-hydroxylation sites is 1. The van der Waals surface area contributed by atoms with Crippen molar-refractivity contribution < 1.29 is 18.7 Å². The van der Waals surface area contributed by atoms with E-state index in [1.54, 1.807) is 24.3 Å². The van der Waals surface area contributed by atoms with Gasteiger partial charge in [-0.2, -0.15) is 0 Å². The Labute approximate surface area is 186 Å². The molecule has 6 nitrogen and oxygen atoms in total. The van der Waals surface area contributed by atoms with Crippen LogP contribution < -0.4 is 15.0 Å². The minimum absolute atomic E-state index is 0.0250. The van der Waals surface area contributed by atoms with Crippen molar-refractivity contribution in [1.82, 2.24) is 4.90 Å². The minimum atomic E-state index is -0.520. The van der Waals surface area contributed by atoms with Gasteiger partial charge < -0.3 is 19.9 Å². The molecule has 8 heteroatoms. The van der Waals surface area contributed by atoms with Gasteiger partial charge in [0.05, 0.1) is 10.7 Å². The fourth-order valence-electron chi connectivity index (χ4n) is 3.42. The zero-order valence-corrected chi connectivity index (χ0v) is 18.5. The molecule has 1 saturated heterocycles. The molecular formula is C23H27ClFN3O3. The first-order valence-corrected chi connectivity index (χ1v) is 10.7. The highest BCUT2D eigenvalue weighted by Crippen LogP contribution is 2.30. The van der Waals surface area contributed by atoms with Gasteiger partial charge in [-0.1, -0.05) is 37.6 Å². The number of benzene rings is 2. The first-order chi connectivity index (χ1) is 14.8. The van der Waals surface area contributed by atoms with E-state index in [4.69, 9.17) is 16.3 Å². The summed E-state index contributed by atoms with van der Waals surface area (Å²) in [5.74, 6) is -0.369. The van der Waals surface area contributed by atoms with E-state index >= 15 is 0 Å². The van der Waals surface area contributed by atoms with E-state index in [9.17, 15) is 14.0 Å². The van der Waals surface area contributed by atoms with Crippen molar-refractivity contribution in [3.8, 4) is 5.75 Å². The van der Waals surface area contributed by atoms with Crippen molar-refractivity contribution in [3.05, 3.63) is 53.3 Å². The molecule has 31 heavy (non-hydrogen) atoms. The number of halogens is 2. The highest BCUT2D eigenvalue weighted by molar-refractivity contribution is 6.33. The monoisotopic (exact) mass is 447 g/mol. The Morgan fingerprint density at radius 2 is 1.84 bits per heavy atom. The second kappa shape index (κ2) is 10.5. The number of amides is 2. The first-order valence-electron chi connectivity index (χ1n) is 10.3. The number of hydrogen-bond acceptors (Lipinski definition) is 4. The molecule has 0 bridgehead atoms. The van der Waals surface area contributed by atoms with Crippen molar-refractivity contribution in [3.63, 3.8) is 0 Å². The quantitative estimate of drug-likeness (QED) is 0.691. The molecule has 2 aromatic carbocycles. The largest absolute Gasteiger partial charge is 0.481 e. The third kappa shape index (κ3) is 6.34. The van der Waals surface area contributed by atoms with Crippen LogP contribution in [0.25, 0.3) is 0 Å². The second-order valence-electron chi connectivity index (χ2n) is 7.90. The average Bonchev–Trinajstić information content (AvgIpc) is 2.73. The number of nitrogens with zero attached hydrogens (tertiary/aromatic N) is 2. The lowest BCUT2D eigenvalue weighted by Crippen LogP contribution is -2.49. The van der Waals surface area contributed by atoms with Crippen LogP contribution in [0.4, 0.5) is 15.8 Å². The van der Waals surface area contributed by atoms with Crippen LogP contribution >= 0.6 is 11.6 Å². The summed E-state index contributed by atoms with van der Waals surface area (Å²) in [4.78, 5) is 28.4. The number of anilines is 2. The van der Waals surface area contributed by atoms with Crippen LogP contribution in [0.2, 0.25) is 5.02 Å². The summed E-state index contributed by atoms with van der Waals surface area (Å²) in [5.41, 5.74) is 1.39. The third-order valence-electron chi connectivity index (χ3n) is 4.98. The molecule has 1 aliphatic heterocycles. The summed E-state index contributed by atoms with van der Waals surface area (Å²) in [6, 6.07) is 11.2. The number of carbonyl (C=O) groups excluding carboxylic acids is 2. The summed E-state index contributed by atoms with van der Waals surface area (Å²) >= 11 is 6.45. The molecule has 3 rings (SSSR count). The molecule has 1 N–H and O–H groups in total. The lowest BCUT2D eigenvalue weighted by molar-refractivity contribution is -0.132. The van der Waals surface area contributed by atoms with Gasteiger partial charge in [-0.25, -0.2) is 4.39 Å². The maximum absolute atomic E-state index is 13.6. The molecule has 2 aromatic rings. The zero-order chi connectivity index (χ0) is 22.4. The molecule has 2 amide bonds. The van der Waals surface area contributed by atoms with Crippen molar-refractivity contribution in [2.75, 3.05) is 43.0 Å². The van der Waals surface area contributed by atoms with Crippen LogP contribution in [0.15, 0.2) is 42.5 Å². The molecule has 1 heterocycles. The summed E-state index contributed by atoms with van der Waals surface area (Å²) in [5, 5.41) is 3.21. The highest BCUT2D eigenvalue weighted by Gasteiger charge is 2.23. The number of carbonyl (C=O) groups is 2. The topological polar surface area (TPSA) is 61.9 Å². The Morgan fingerprint density at radius 3 is 2.48 bits per heavy atom. The Balaban J connectivity index is 1.52. The number of nitrogens with one attached hydrogen (secondary N) is 1. The fraction of sp³-hybridized carbons (Fsp3) is 0.391.